The zero-order valence-corrected chi connectivity index (χ0v) is 23.4. The Morgan fingerprint density at radius 2 is 1.74 bits per heavy atom. The van der Waals surface area contributed by atoms with Gasteiger partial charge in [-0.1, -0.05) is 53.0 Å². The summed E-state index contributed by atoms with van der Waals surface area (Å²) in [5.41, 5.74) is 5.14. The molecule has 3 aromatic carbocycles. The number of halogens is 3. The molecule has 3 N–H and O–H groups in total. The van der Waals surface area contributed by atoms with Crippen molar-refractivity contribution < 1.29 is 23.9 Å². The molecule has 0 heterocycles. The van der Waals surface area contributed by atoms with Gasteiger partial charge in [0, 0.05) is 12.2 Å². The number of carbonyl (C=O) groups excluding carboxylic acids is 3. The molecule has 12 heteroatoms. The van der Waals surface area contributed by atoms with Crippen molar-refractivity contribution in [3.05, 3.63) is 85.8 Å². The van der Waals surface area contributed by atoms with Gasteiger partial charge in [-0.15, -0.1) is 0 Å². The summed E-state index contributed by atoms with van der Waals surface area (Å²) >= 11 is 15.2. The Morgan fingerprint density at radius 1 is 1.00 bits per heavy atom. The first-order chi connectivity index (χ1) is 18.2. The molecule has 0 spiro atoms. The Hall–Kier alpha value is -3.60. The lowest BCUT2D eigenvalue weighted by Gasteiger charge is -2.13. The molecule has 38 heavy (non-hydrogen) atoms. The smallest absolute Gasteiger partial charge is 0.329 e. The molecule has 0 aliphatic carbocycles. The number of anilines is 1. The number of aryl methyl sites for hydroxylation is 1. The number of ether oxygens (including phenoxy) is 2. The first kappa shape index (κ1) is 29.0. The highest BCUT2D eigenvalue weighted by molar-refractivity contribution is 9.10. The van der Waals surface area contributed by atoms with E-state index >= 15 is 0 Å². The number of methoxy groups -OCH3 is 1. The minimum atomic E-state index is -0.910. The number of hydrazone groups is 1. The number of rotatable bonds is 9. The van der Waals surface area contributed by atoms with Gasteiger partial charge in [-0.25, -0.2) is 5.43 Å². The molecule has 3 amide bonds. The predicted octanol–water partition coefficient (Wildman–Crippen LogP) is 4.86. The number of hydrogen-bond donors (Lipinski definition) is 3. The highest BCUT2D eigenvalue weighted by Gasteiger charge is 2.15. The van der Waals surface area contributed by atoms with Gasteiger partial charge in [0.15, 0.2) is 18.1 Å². The molecule has 0 aliphatic heterocycles. The SMILES string of the molecule is COc1cc(/C=N\NC(=O)C(=O)NCc2ccc(C)cc2)cc(Br)c1OCC(=O)Nc1ccc(Cl)c(Cl)c1. The Morgan fingerprint density at radius 3 is 2.42 bits per heavy atom. The molecule has 3 aromatic rings. The van der Waals surface area contributed by atoms with E-state index in [1.807, 2.05) is 31.2 Å². The summed E-state index contributed by atoms with van der Waals surface area (Å²) < 4.78 is 11.5. The average Bonchev–Trinajstić information content (AvgIpc) is 2.89. The van der Waals surface area contributed by atoms with E-state index in [1.54, 1.807) is 24.3 Å². The van der Waals surface area contributed by atoms with Crippen molar-refractivity contribution in [3.8, 4) is 11.5 Å². The lowest BCUT2D eigenvalue weighted by Crippen LogP contribution is -2.37. The van der Waals surface area contributed by atoms with Crippen molar-refractivity contribution in [1.82, 2.24) is 10.7 Å². The maximum atomic E-state index is 12.3. The molecule has 0 saturated carbocycles. The fraction of sp³-hybridized carbons (Fsp3) is 0.154. The van der Waals surface area contributed by atoms with E-state index in [0.29, 0.717) is 31.5 Å². The van der Waals surface area contributed by atoms with E-state index in [0.717, 1.165) is 11.1 Å². The molecule has 198 valence electrons. The second-order valence-corrected chi connectivity index (χ2v) is 9.54. The Bertz CT molecular complexity index is 1370. The lowest BCUT2D eigenvalue weighted by molar-refractivity contribution is -0.139. The molecule has 0 fully saturated rings. The van der Waals surface area contributed by atoms with Crippen LogP contribution >= 0.6 is 39.1 Å². The van der Waals surface area contributed by atoms with Crippen LogP contribution in [0.15, 0.2) is 64.2 Å². The monoisotopic (exact) mass is 620 g/mol. The Kier molecular flexibility index (Phi) is 10.5. The van der Waals surface area contributed by atoms with E-state index < -0.39 is 17.7 Å². The Labute approximate surface area is 237 Å². The fourth-order valence-electron chi connectivity index (χ4n) is 3.05. The predicted molar refractivity (Wildman–Crippen MR) is 150 cm³/mol. The number of hydrogen-bond acceptors (Lipinski definition) is 6. The van der Waals surface area contributed by atoms with Crippen molar-refractivity contribution in [2.45, 2.75) is 13.5 Å². The largest absolute Gasteiger partial charge is 0.493 e. The van der Waals surface area contributed by atoms with Gasteiger partial charge in [0.1, 0.15) is 0 Å². The van der Waals surface area contributed by atoms with Crippen LogP contribution in [0.3, 0.4) is 0 Å². The number of carbonyl (C=O) groups is 3. The van der Waals surface area contributed by atoms with Crippen molar-refractivity contribution >= 4 is 68.8 Å². The van der Waals surface area contributed by atoms with Gasteiger partial charge in [0.25, 0.3) is 5.91 Å². The van der Waals surface area contributed by atoms with Crippen LogP contribution in [0.2, 0.25) is 10.0 Å². The van der Waals surface area contributed by atoms with Crippen LogP contribution < -0.4 is 25.5 Å². The van der Waals surface area contributed by atoms with E-state index in [4.69, 9.17) is 32.7 Å². The average molecular weight is 622 g/mol. The summed E-state index contributed by atoms with van der Waals surface area (Å²) in [4.78, 5) is 36.3. The zero-order chi connectivity index (χ0) is 27.7. The number of benzene rings is 3. The summed E-state index contributed by atoms with van der Waals surface area (Å²) in [6.45, 7) is 1.87. The molecular formula is C26H23BrCl2N4O5. The normalized spacial score (nSPS) is 10.7. The summed E-state index contributed by atoms with van der Waals surface area (Å²) in [7, 11) is 1.44. The minimum absolute atomic E-state index is 0.216. The molecule has 0 aromatic heterocycles. The molecule has 0 radical (unpaired) electrons. The van der Waals surface area contributed by atoms with Crippen LogP contribution in [0, 0.1) is 6.92 Å². The summed E-state index contributed by atoms with van der Waals surface area (Å²) in [6, 6.07) is 15.5. The van der Waals surface area contributed by atoms with E-state index in [9.17, 15) is 14.4 Å². The van der Waals surface area contributed by atoms with Crippen molar-refractivity contribution in [1.29, 1.82) is 0 Å². The molecule has 0 aliphatic rings. The first-order valence-corrected chi connectivity index (χ1v) is 12.6. The quantitative estimate of drug-likeness (QED) is 0.179. The van der Waals surface area contributed by atoms with E-state index in [2.05, 4.69) is 37.1 Å². The third-order valence-corrected chi connectivity index (χ3v) is 6.29. The third-order valence-electron chi connectivity index (χ3n) is 4.96. The van der Waals surface area contributed by atoms with Crippen LogP contribution in [0.25, 0.3) is 0 Å². The van der Waals surface area contributed by atoms with Crippen molar-refractivity contribution in [3.63, 3.8) is 0 Å². The highest BCUT2D eigenvalue weighted by atomic mass is 79.9. The van der Waals surface area contributed by atoms with E-state index in [-0.39, 0.29) is 18.9 Å². The molecular weight excluding hydrogens is 599 g/mol. The van der Waals surface area contributed by atoms with Crippen molar-refractivity contribution in [2.75, 3.05) is 19.0 Å². The second kappa shape index (κ2) is 13.8. The van der Waals surface area contributed by atoms with Crippen LogP contribution in [0.5, 0.6) is 11.5 Å². The van der Waals surface area contributed by atoms with Crippen LogP contribution in [-0.4, -0.2) is 37.7 Å². The van der Waals surface area contributed by atoms with Crippen LogP contribution in [0.4, 0.5) is 5.69 Å². The lowest BCUT2D eigenvalue weighted by atomic mass is 10.1. The fourth-order valence-corrected chi connectivity index (χ4v) is 3.92. The Balaban J connectivity index is 1.54. The molecule has 0 saturated heterocycles. The molecule has 0 atom stereocenters. The maximum absolute atomic E-state index is 12.3. The van der Waals surface area contributed by atoms with Gasteiger partial charge in [0.2, 0.25) is 0 Å². The summed E-state index contributed by atoms with van der Waals surface area (Å²) in [5, 5.41) is 9.70. The third kappa shape index (κ3) is 8.47. The van der Waals surface area contributed by atoms with E-state index in [1.165, 1.54) is 19.4 Å². The van der Waals surface area contributed by atoms with Crippen LogP contribution in [-0.2, 0) is 20.9 Å². The molecule has 9 nitrogen and oxygen atoms in total. The topological polar surface area (TPSA) is 118 Å². The second-order valence-electron chi connectivity index (χ2n) is 7.87. The molecule has 0 bridgehead atoms. The molecule has 0 unspecified atom stereocenters. The van der Waals surface area contributed by atoms with Gasteiger partial charge >= 0.3 is 11.8 Å². The first-order valence-electron chi connectivity index (χ1n) is 11.1. The number of nitrogens with zero attached hydrogens (tertiary/aromatic N) is 1. The van der Waals surface area contributed by atoms with Gasteiger partial charge < -0.3 is 20.1 Å². The van der Waals surface area contributed by atoms with Gasteiger partial charge in [-0.2, -0.15) is 5.10 Å². The summed E-state index contributed by atoms with van der Waals surface area (Å²) in [6.07, 6.45) is 1.33. The van der Waals surface area contributed by atoms with Gasteiger partial charge in [0.05, 0.1) is 27.8 Å². The zero-order valence-electron chi connectivity index (χ0n) is 20.3. The molecule has 3 rings (SSSR count). The maximum Gasteiger partial charge on any atom is 0.329 e. The minimum Gasteiger partial charge on any atom is -0.493 e. The standard InChI is InChI=1S/C26H23BrCl2N4O5/c1-15-3-5-16(6-4-15)12-30-25(35)26(36)33-31-13-17-9-19(27)24(22(10-17)37-2)38-14-23(34)32-18-7-8-20(28)21(29)11-18/h3-11,13H,12,14H2,1-2H3,(H,30,35)(H,32,34)(H,33,36)/b31-13-. The van der Waals surface area contributed by atoms with Gasteiger partial charge in [-0.3, -0.25) is 14.4 Å². The number of amides is 3. The summed E-state index contributed by atoms with van der Waals surface area (Å²) in [5.74, 6) is -1.55. The highest BCUT2D eigenvalue weighted by Crippen LogP contribution is 2.36. The number of nitrogens with one attached hydrogen (secondary N) is 3. The van der Waals surface area contributed by atoms with Crippen LogP contribution in [0.1, 0.15) is 16.7 Å². The van der Waals surface area contributed by atoms with Crippen molar-refractivity contribution in [2.24, 2.45) is 5.10 Å². The van der Waals surface area contributed by atoms with Gasteiger partial charge in [-0.05, 0) is 64.3 Å².